The first-order valence-corrected chi connectivity index (χ1v) is 4.34. The lowest BCUT2D eigenvalue weighted by Crippen LogP contribution is -1.91. The standard InChI is InChI=1S/C6H8ClNOS/c7-2-1-5-4-10-8-6(5)3-9/h4,9H,1-3H2. The minimum Gasteiger partial charge on any atom is -0.390 e. The molecular weight excluding hydrogens is 170 g/mol. The van der Waals surface area contributed by atoms with Crippen molar-refractivity contribution in [1.82, 2.24) is 4.37 Å². The van der Waals surface area contributed by atoms with Crippen molar-refractivity contribution < 1.29 is 5.11 Å². The number of aryl methyl sites for hydroxylation is 1. The third-order valence-electron chi connectivity index (χ3n) is 1.24. The first-order chi connectivity index (χ1) is 4.88. The number of aliphatic hydroxyl groups excluding tert-OH is 1. The molecule has 4 heteroatoms. The lowest BCUT2D eigenvalue weighted by Gasteiger charge is -1.93. The van der Waals surface area contributed by atoms with Gasteiger partial charge >= 0.3 is 0 Å². The van der Waals surface area contributed by atoms with Crippen LogP contribution in [0.2, 0.25) is 0 Å². The number of aliphatic hydroxyl groups is 1. The third-order valence-corrected chi connectivity index (χ3v) is 2.15. The molecule has 0 aromatic carbocycles. The van der Waals surface area contributed by atoms with Gasteiger partial charge in [0.05, 0.1) is 12.3 Å². The second-order valence-electron chi connectivity index (χ2n) is 1.88. The van der Waals surface area contributed by atoms with Gasteiger partial charge in [0, 0.05) is 11.3 Å². The van der Waals surface area contributed by atoms with Gasteiger partial charge in [-0.2, -0.15) is 4.37 Å². The summed E-state index contributed by atoms with van der Waals surface area (Å²) in [5.74, 6) is 0.589. The summed E-state index contributed by atoms with van der Waals surface area (Å²) in [6.45, 7) is 0.0235. The summed E-state index contributed by atoms with van der Waals surface area (Å²) in [4.78, 5) is 0. The Kier molecular flexibility index (Phi) is 3.12. The van der Waals surface area contributed by atoms with E-state index in [2.05, 4.69) is 4.37 Å². The fourth-order valence-corrected chi connectivity index (χ4v) is 1.66. The molecule has 0 bridgehead atoms. The molecule has 0 spiro atoms. The molecule has 0 aliphatic heterocycles. The number of halogens is 1. The second kappa shape index (κ2) is 3.91. The van der Waals surface area contributed by atoms with Crippen LogP contribution in [0.4, 0.5) is 0 Å². The molecule has 0 radical (unpaired) electrons. The van der Waals surface area contributed by atoms with Gasteiger partial charge in [0.2, 0.25) is 0 Å². The van der Waals surface area contributed by atoms with Gasteiger partial charge in [-0.15, -0.1) is 11.6 Å². The molecule has 1 N–H and O–H groups in total. The Morgan fingerprint density at radius 3 is 3.10 bits per heavy atom. The van der Waals surface area contributed by atoms with E-state index in [-0.39, 0.29) is 6.61 Å². The van der Waals surface area contributed by atoms with Crippen molar-refractivity contribution in [2.45, 2.75) is 13.0 Å². The summed E-state index contributed by atoms with van der Waals surface area (Å²) in [6.07, 6.45) is 0.800. The summed E-state index contributed by atoms with van der Waals surface area (Å²) in [5.41, 5.74) is 1.84. The van der Waals surface area contributed by atoms with Crippen molar-refractivity contribution in [3.05, 3.63) is 16.6 Å². The highest BCUT2D eigenvalue weighted by Gasteiger charge is 2.02. The van der Waals surface area contributed by atoms with E-state index < -0.39 is 0 Å². The topological polar surface area (TPSA) is 33.1 Å². The average molecular weight is 178 g/mol. The Morgan fingerprint density at radius 1 is 1.70 bits per heavy atom. The quantitative estimate of drug-likeness (QED) is 0.709. The summed E-state index contributed by atoms with van der Waals surface area (Å²) < 4.78 is 3.99. The maximum atomic E-state index is 8.74. The van der Waals surface area contributed by atoms with Gasteiger partial charge in [-0.3, -0.25) is 0 Å². The van der Waals surface area contributed by atoms with E-state index >= 15 is 0 Å². The molecule has 2 nitrogen and oxygen atoms in total. The van der Waals surface area contributed by atoms with Crippen LogP contribution < -0.4 is 0 Å². The number of rotatable bonds is 3. The van der Waals surface area contributed by atoms with Gasteiger partial charge in [-0.05, 0) is 23.5 Å². The Labute approximate surface area is 68.6 Å². The van der Waals surface area contributed by atoms with Crippen LogP contribution in [0.15, 0.2) is 5.38 Å². The summed E-state index contributed by atoms with van der Waals surface area (Å²) in [5, 5.41) is 10.7. The fourth-order valence-electron chi connectivity index (χ4n) is 0.716. The molecule has 1 aromatic rings. The average Bonchev–Trinajstić information content (AvgIpc) is 2.36. The van der Waals surface area contributed by atoms with Crippen molar-refractivity contribution in [3.63, 3.8) is 0 Å². The molecule has 56 valence electrons. The van der Waals surface area contributed by atoms with Crippen LogP contribution in [0.5, 0.6) is 0 Å². The minimum atomic E-state index is 0.0235. The van der Waals surface area contributed by atoms with Crippen LogP contribution in [0.3, 0.4) is 0 Å². The largest absolute Gasteiger partial charge is 0.390 e. The molecule has 1 rings (SSSR count). The number of hydrogen-bond acceptors (Lipinski definition) is 3. The number of aromatic nitrogens is 1. The lowest BCUT2D eigenvalue weighted by atomic mass is 10.2. The van der Waals surface area contributed by atoms with E-state index in [4.69, 9.17) is 16.7 Å². The van der Waals surface area contributed by atoms with Gasteiger partial charge in [-0.1, -0.05) is 0 Å². The normalized spacial score (nSPS) is 10.2. The first-order valence-electron chi connectivity index (χ1n) is 2.97. The summed E-state index contributed by atoms with van der Waals surface area (Å²) in [6, 6.07) is 0. The van der Waals surface area contributed by atoms with E-state index in [0.29, 0.717) is 5.88 Å². The molecule has 0 atom stereocenters. The predicted octanol–water partition coefficient (Wildman–Crippen LogP) is 1.42. The van der Waals surface area contributed by atoms with Crippen LogP contribution in [0.25, 0.3) is 0 Å². The smallest absolute Gasteiger partial charge is 0.0866 e. The molecule has 0 saturated carbocycles. The maximum Gasteiger partial charge on any atom is 0.0866 e. The zero-order valence-electron chi connectivity index (χ0n) is 5.38. The summed E-state index contributed by atoms with van der Waals surface area (Å²) >= 11 is 6.88. The lowest BCUT2D eigenvalue weighted by molar-refractivity contribution is 0.277. The molecule has 0 amide bonds. The van der Waals surface area contributed by atoms with E-state index in [1.54, 1.807) is 0 Å². The van der Waals surface area contributed by atoms with E-state index in [1.165, 1.54) is 11.5 Å². The molecule has 10 heavy (non-hydrogen) atoms. The zero-order valence-corrected chi connectivity index (χ0v) is 6.95. The van der Waals surface area contributed by atoms with Gasteiger partial charge in [-0.25, -0.2) is 0 Å². The monoisotopic (exact) mass is 177 g/mol. The highest BCUT2D eigenvalue weighted by molar-refractivity contribution is 7.03. The molecule has 1 aromatic heterocycles. The van der Waals surface area contributed by atoms with Crippen LogP contribution in [0.1, 0.15) is 11.3 Å². The van der Waals surface area contributed by atoms with Crippen molar-refractivity contribution in [1.29, 1.82) is 0 Å². The minimum absolute atomic E-state index is 0.0235. The van der Waals surface area contributed by atoms with Crippen molar-refractivity contribution >= 4 is 23.1 Å². The molecule has 0 aliphatic rings. The van der Waals surface area contributed by atoms with Crippen molar-refractivity contribution in [3.8, 4) is 0 Å². The van der Waals surface area contributed by atoms with Gasteiger partial charge in [0.1, 0.15) is 0 Å². The zero-order chi connectivity index (χ0) is 7.40. The SMILES string of the molecule is OCc1nscc1CCCl. The van der Waals surface area contributed by atoms with Gasteiger partial charge < -0.3 is 5.11 Å². The third kappa shape index (κ3) is 1.68. The molecular formula is C6H8ClNOS. The Morgan fingerprint density at radius 2 is 2.50 bits per heavy atom. The van der Waals surface area contributed by atoms with Crippen LogP contribution in [-0.4, -0.2) is 15.4 Å². The molecule has 0 unspecified atom stereocenters. The van der Waals surface area contributed by atoms with E-state index in [0.717, 1.165) is 17.7 Å². The summed E-state index contributed by atoms with van der Waals surface area (Å²) in [7, 11) is 0. The number of hydrogen-bond donors (Lipinski definition) is 1. The Balaban J connectivity index is 2.70. The van der Waals surface area contributed by atoms with Crippen molar-refractivity contribution in [2.75, 3.05) is 5.88 Å². The van der Waals surface area contributed by atoms with Crippen LogP contribution >= 0.6 is 23.1 Å². The number of alkyl halides is 1. The van der Waals surface area contributed by atoms with Crippen LogP contribution in [0, 0.1) is 0 Å². The Bertz CT molecular complexity index is 201. The first kappa shape index (κ1) is 7.98. The molecule has 0 aliphatic carbocycles. The molecule has 0 fully saturated rings. The van der Waals surface area contributed by atoms with E-state index in [1.807, 2.05) is 5.38 Å². The maximum absolute atomic E-state index is 8.74. The second-order valence-corrected chi connectivity index (χ2v) is 2.89. The highest BCUT2D eigenvalue weighted by Crippen LogP contribution is 2.11. The Hall–Kier alpha value is -0.120. The highest BCUT2D eigenvalue weighted by atomic mass is 35.5. The fraction of sp³-hybridized carbons (Fsp3) is 0.500. The van der Waals surface area contributed by atoms with Gasteiger partial charge in [0.15, 0.2) is 0 Å². The van der Waals surface area contributed by atoms with Crippen LogP contribution in [-0.2, 0) is 13.0 Å². The van der Waals surface area contributed by atoms with Gasteiger partial charge in [0.25, 0.3) is 0 Å². The van der Waals surface area contributed by atoms with E-state index in [9.17, 15) is 0 Å². The number of nitrogens with zero attached hydrogens (tertiary/aromatic N) is 1. The molecule has 0 saturated heterocycles. The van der Waals surface area contributed by atoms with Crippen molar-refractivity contribution in [2.24, 2.45) is 0 Å². The predicted molar refractivity (Wildman–Crippen MR) is 42.5 cm³/mol. The molecule has 1 heterocycles.